The van der Waals surface area contributed by atoms with E-state index in [1.165, 1.54) is 19.3 Å². The molecule has 1 aliphatic heterocycles. The average molecular weight is 309 g/mol. The van der Waals surface area contributed by atoms with Crippen LogP contribution in [0.4, 0.5) is 5.69 Å². The Bertz CT molecular complexity index is 477. The van der Waals surface area contributed by atoms with Gasteiger partial charge in [-0.1, -0.05) is 22.4 Å². The van der Waals surface area contributed by atoms with Gasteiger partial charge in [0.25, 0.3) is 5.91 Å². The molecule has 96 valence electrons. The van der Waals surface area contributed by atoms with Crippen molar-refractivity contribution in [1.29, 1.82) is 0 Å². The lowest BCUT2D eigenvalue weighted by Crippen LogP contribution is -2.30. The van der Waals surface area contributed by atoms with E-state index < -0.39 is 0 Å². The molecule has 2 fully saturated rings. The molecule has 1 aliphatic carbocycles. The van der Waals surface area contributed by atoms with Gasteiger partial charge >= 0.3 is 0 Å². The summed E-state index contributed by atoms with van der Waals surface area (Å²) in [5.74, 6) is 1.55. The molecule has 4 heteroatoms. The molecule has 3 rings (SSSR count). The number of fused-ring (bicyclic) bond motifs is 1. The van der Waals surface area contributed by atoms with Gasteiger partial charge in [-0.15, -0.1) is 0 Å². The summed E-state index contributed by atoms with van der Waals surface area (Å²) < 4.78 is 0.912. The molecule has 1 aromatic carbocycles. The van der Waals surface area contributed by atoms with Gasteiger partial charge in [-0.3, -0.25) is 4.79 Å². The van der Waals surface area contributed by atoms with Gasteiger partial charge < -0.3 is 10.6 Å². The lowest BCUT2D eigenvalue weighted by atomic mass is 10.0. The second-order valence-corrected chi connectivity index (χ2v) is 6.31. The van der Waals surface area contributed by atoms with E-state index in [0.717, 1.165) is 29.4 Å². The lowest BCUT2D eigenvalue weighted by molar-refractivity contribution is 0.0781. The summed E-state index contributed by atoms with van der Waals surface area (Å²) in [5, 5.41) is 0. The van der Waals surface area contributed by atoms with Gasteiger partial charge in [-0.25, -0.2) is 0 Å². The molecule has 0 aromatic heterocycles. The largest absolute Gasteiger partial charge is 0.398 e. The molecule has 2 atom stereocenters. The van der Waals surface area contributed by atoms with Crippen LogP contribution in [0, 0.1) is 11.8 Å². The highest BCUT2D eigenvalue weighted by Crippen LogP contribution is 2.38. The van der Waals surface area contributed by atoms with Gasteiger partial charge in [0.1, 0.15) is 0 Å². The fourth-order valence-electron chi connectivity index (χ4n) is 3.30. The zero-order valence-corrected chi connectivity index (χ0v) is 11.8. The number of likely N-dealkylation sites (tertiary alicyclic amines) is 1. The molecule has 2 N–H and O–H groups in total. The van der Waals surface area contributed by atoms with Crippen molar-refractivity contribution < 1.29 is 4.79 Å². The smallest absolute Gasteiger partial charge is 0.255 e. The van der Waals surface area contributed by atoms with Crippen LogP contribution in [0.15, 0.2) is 22.7 Å². The van der Waals surface area contributed by atoms with Crippen LogP contribution in [0.3, 0.4) is 0 Å². The Morgan fingerprint density at radius 2 is 1.94 bits per heavy atom. The predicted molar refractivity (Wildman–Crippen MR) is 75.3 cm³/mol. The zero-order chi connectivity index (χ0) is 12.7. The molecule has 0 radical (unpaired) electrons. The van der Waals surface area contributed by atoms with Crippen molar-refractivity contribution in [1.82, 2.24) is 4.90 Å². The Hall–Kier alpha value is -1.03. The number of nitrogens with zero attached hydrogens (tertiary/aromatic N) is 1. The second-order valence-electron chi connectivity index (χ2n) is 5.39. The van der Waals surface area contributed by atoms with Gasteiger partial charge in [0.05, 0.1) is 5.56 Å². The molecule has 2 aliphatic rings. The molecular weight excluding hydrogens is 292 g/mol. The summed E-state index contributed by atoms with van der Waals surface area (Å²) in [7, 11) is 0. The fourth-order valence-corrected chi connectivity index (χ4v) is 3.68. The quantitative estimate of drug-likeness (QED) is 0.811. The van der Waals surface area contributed by atoms with Crippen molar-refractivity contribution in [2.75, 3.05) is 18.8 Å². The average Bonchev–Trinajstić information content (AvgIpc) is 2.87. The summed E-state index contributed by atoms with van der Waals surface area (Å²) in [6.07, 6.45) is 3.90. The van der Waals surface area contributed by atoms with E-state index in [0.29, 0.717) is 11.3 Å². The Kier molecular flexibility index (Phi) is 3.06. The van der Waals surface area contributed by atoms with Crippen LogP contribution in [0.2, 0.25) is 0 Å². The molecule has 1 amide bonds. The standard InChI is InChI=1S/C14H17BrN2O/c15-11-4-5-12(13(16)6-11)14(18)17-7-9-2-1-3-10(9)8-17/h4-6,9-10H,1-3,7-8,16H2. The van der Waals surface area contributed by atoms with Gasteiger partial charge in [0.2, 0.25) is 0 Å². The van der Waals surface area contributed by atoms with Crippen LogP contribution in [0.1, 0.15) is 29.6 Å². The van der Waals surface area contributed by atoms with Crippen LogP contribution in [-0.4, -0.2) is 23.9 Å². The monoisotopic (exact) mass is 308 g/mol. The van der Waals surface area contributed by atoms with Gasteiger partial charge in [0, 0.05) is 23.2 Å². The minimum absolute atomic E-state index is 0.0920. The number of anilines is 1. The maximum Gasteiger partial charge on any atom is 0.255 e. The van der Waals surface area contributed by atoms with Gasteiger partial charge in [-0.2, -0.15) is 0 Å². The first-order chi connectivity index (χ1) is 8.65. The number of rotatable bonds is 1. The number of amides is 1. The van der Waals surface area contributed by atoms with E-state index in [9.17, 15) is 4.79 Å². The van der Waals surface area contributed by atoms with E-state index in [1.54, 1.807) is 6.07 Å². The van der Waals surface area contributed by atoms with Crippen molar-refractivity contribution in [3.05, 3.63) is 28.2 Å². The third-order valence-electron chi connectivity index (χ3n) is 4.26. The maximum absolute atomic E-state index is 12.4. The number of carbonyl (C=O) groups is 1. The summed E-state index contributed by atoms with van der Waals surface area (Å²) in [5.41, 5.74) is 7.13. The van der Waals surface area contributed by atoms with E-state index >= 15 is 0 Å². The van der Waals surface area contributed by atoms with Gasteiger partial charge in [-0.05, 0) is 42.9 Å². The van der Waals surface area contributed by atoms with Crippen molar-refractivity contribution in [3.63, 3.8) is 0 Å². The molecule has 0 spiro atoms. The first-order valence-electron chi connectivity index (χ1n) is 6.49. The Labute approximate surface area is 115 Å². The van der Waals surface area contributed by atoms with Crippen molar-refractivity contribution in [3.8, 4) is 0 Å². The van der Waals surface area contributed by atoms with E-state index in [2.05, 4.69) is 15.9 Å². The van der Waals surface area contributed by atoms with Crippen LogP contribution < -0.4 is 5.73 Å². The number of hydrogen-bond donors (Lipinski definition) is 1. The fraction of sp³-hybridized carbons (Fsp3) is 0.500. The molecule has 1 saturated carbocycles. The second kappa shape index (κ2) is 4.57. The van der Waals surface area contributed by atoms with Crippen molar-refractivity contribution >= 4 is 27.5 Å². The van der Waals surface area contributed by atoms with E-state index in [1.807, 2.05) is 17.0 Å². The molecule has 1 heterocycles. The van der Waals surface area contributed by atoms with E-state index in [-0.39, 0.29) is 5.91 Å². The highest BCUT2D eigenvalue weighted by molar-refractivity contribution is 9.10. The molecule has 18 heavy (non-hydrogen) atoms. The normalized spacial score (nSPS) is 26.4. The Morgan fingerprint density at radius 3 is 2.56 bits per heavy atom. The number of nitrogens with two attached hydrogens (primary N) is 1. The third kappa shape index (κ3) is 2.03. The van der Waals surface area contributed by atoms with Crippen LogP contribution in [0.5, 0.6) is 0 Å². The molecule has 3 nitrogen and oxygen atoms in total. The lowest BCUT2D eigenvalue weighted by Gasteiger charge is -2.18. The topological polar surface area (TPSA) is 46.3 Å². The Morgan fingerprint density at radius 1 is 1.28 bits per heavy atom. The summed E-state index contributed by atoms with van der Waals surface area (Å²) in [6.45, 7) is 1.83. The van der Waals surface area contributed by atoms with Crippen molar-refractivity contribution in [2.24, 2.45) is 11.8 Å². The van der Waals surface area contributed by atoms with Crippen LogP contribution in [-0.2, 0) is 0 Å². The highest BCUT2D eigenvalue weighted by Gasteiger charge is 2.38. The summed E-state index contributed by atoms with van der Waals surface area (Å²) in [4.78, 5) is 14.4. The van der Waals surface area contributed by atoms with Crippen LogP contribution >= 0.6 is 15.9 Å². The minimum atomic E-state index is 0.0920. The highest BCUT2D eigenvalue weighted by atomic mass is 79.9. The molecule has 1 saturated heterocycles. The maximum atomic E-state index is 12.4. The number of hydrogen-bond acceptors (Lipinski definition) is 2. The summed E-state index contributed by atoms with van der Waals surface area (Å²) >= 11 is 3.36. The first-order valence-corrected chi connectivity index (χ1v) is 7.29. The van der Waals surface area contributed by atoms with Crippen LogP contribution in [0.25, 0.3) is 0 Å². The number of benzene rings is 1. The first kappa shape index (κ1) is 12.0. The molecule has 0 bridgehead atoms. The zero-order valence-electron chi connectivity index (χ0n) is 10.2. The molecule has 2 unspecified atom stereocenters. The van der Waals surface area contributed by atoms with Crippen molar-refractivity contribution in [2.45, 2.75) is 19.3 Å². The predicted octanol–water partition coefficient (Wildman–Crippen LogP) is 2.90. The number of nitrogen functional groups attached to an aromatic ring is 1. The van der Waals surface area contributed by atoms with E-state index in [4.69, 9.17) is 5.73 Å². The molecular formula is C14H17BrN2O. The third-order valence-corrected chi connectivity index (χ3v) is 4.75. The van der Waals surface area contributed by atoms with Gasteiger partial charge in [0.15, 0.2) is 0 Å². The molecule has 1 aromatic rings. The summed E-state index contributed by atoms with van der Waals surface area (Å²) in [6, 6.07) is 5.49. The minimum Gasteiger partial charge on any atom is -0.398 e. The Balaban J connectivity index is 1.79. The SMILES string of the molecule is Nc1cc(Br)ccc1C(=O)N1CC2CCCC2C1. The number of halogens is 1. The number of carbonyl (C=O) groups excluding carboxylic acids is 1.